The second-order valence-corrected chi connectivity index (χ2v) is 5.77. The Kier molecular flexibility index (Phi) is 4.80. The van der Waals surface area contributed by atoms with Gasteiger partial charge in [0.2, 0.25) is 5.91 Å². The van der Waals surface area contributed by atoms with E-state index in [-0.39, 0.29) is 12.3 Å². The van der Waals surface area contributed by atoms with E-state index in [4.69, 9.17) is 9.47 Å². The fourth-order valence-electron chi connectivity index (χ4n) is 1.88. The van der Waals surface area contributed by atoms with Gasteiger partial charge in [-0.1, -0.05) is 0 Å². The summed E-state index contributed by atoms with van der Waals surface area (Å²) in [5.41, 5.74) is 1.72. The van der Waals surface area contributed by atoms with Crippen molar-refractivity contribution in [3.05, 3.63) is 34.3 Å². The highest BCUT2D eigenvalue weighted by atomic mass is 32.1. The average Bonchev–Trinajstić information content (AvgIpc) is 2.76. The number of nitrogens with zero attached hydrogens (tertiary/aromatic N) is 1. The molecule has 0 saturated heterocycles. The Hall–Kier alpha value is -2.08. The van der Waals surface area contributed by atoms with Crippen LogP contribution in [0.5, 0.6) is 11.5 Å². The number of aromatic nitrogens is 1. The maximum atomic E-state index is 12.1. The van der Waals surface area contributed by atoms with Crippen LogP contribution in [0.1, 0.15) is 16.1 Å². The molecule has 1 N–H and O–H groups in total. The molecule has 0 fully saturated rings. The van der Waals surface area contributed by atoms with Gasteiger partial charge in [0.25, 0.3) is 0 Å². The van der Waals surface area contributed by atoms with Crippen LogP contribution in [0.15, 0.2) is 18.2 Å². The van der Waals surface area contributed by atoms with Crippen molar-refractivity contribution in [2.75, 3.05) is 19.5 Å². The van der Waals surface area contributed by atoms with Gasteiger partial charge >= 0.3 is 0 Å². The normalized spacial score (nSPS) is 10.3. The summed E-state index contributed by atoms with van der Waals surface area (Å²) in [6.45, 7) is 3.90. The van der Waals surface area contributed by atoms with Gasteiger partial charge in [-0.2, -0.15) is 0 Å². The molecule has 21 heavy (non-hydrogen) atoms. The predicted molar refractivity (Wildman–Crippen MR) is 83.5 cm³/mol. The van der Waals surface area contributed by atoms with E-state index in [1.807, 2.05) is 13.8 Å². The van der Waals surface area contributed by atoms with Crippen molar-refractivity contribution in [3.8, 4) is 11.5 Å². The minimum Gasteiger partial charge on any atom is -0.497 e. The lowest BCUT2D eigenvalue weighted by atomic mass is 10.1. The third-order valence-corrected chi connectivity index (χ3v) is 4.10. The van der Waals surface area contributed by atoms with Gasteiger partial charge in [0.05, 0.1) is 26.3 Å². The topological polar surface area (TPSA) is 60.5 Å². The molecule has 0 aliphatic rings. The zero-order valence-corrected chi connectivity index (χ0v) is 13.3. The van der Waals surface area contributed by atoms with Crippen LogP contribution in [0, 0.1) is 13.8 Å². The molecule has 2 aromatic rings. The molecule has 5 nitrogen and oxygen atoms in total. The van der Waals surface area contributed by atoms with Gasteiger partial charge in [-0.15, -0.1) is 11.3 Å². The quantitative estimate of drug-likeness (QED) is 0.922. The van der Waals surface area contributed by atoms with Crippen LogP contribution >= 0.6 is 11.3 Å². The average molecular weight is 306 g/mol. The number of ether oxygens (including phenoxy) is 2. The molecule has 2 rings (SSSR count). The highest BCUT2D eigenvalue weighted by Gasteiger charge is 2.12. The molecular formula is C15H18N2O3S. The number of carbonyl (C=O) groups is 1. The second kappa shape index (κ2) is 6.58. The molecule has 0 saturated carbocycles. The fraction of sp³-hybridized carbons (Fsp3) is 0.333. The van der Waals surface area contributed by atoms with Crippen LogP contribution in [-0.2, 0) is 11.2 Å². The standard InChI is InChI=1S/C15H18N2O3S/c1-9-10(2)21-15(16-9)17-14(18)8-11-7-12(19-3)5-6-13(11)20-4/h5-7H,8H2,1-4H3,(H,16,17,18). The van der Waals surface area contributed by atoms with Gasteiger partial charge in [-0.3, -0.25) is 4.79 Å². The SMILES string of the molecule is COc1ccc(OC)c(CC(=O)Nc2nc(C)c(C)s2)c1. The molecule has 0 unspecified atom stereocenters. The Morgan fingerprint density at radius 1 is 1.29 bits per heavy atom. The van der Waals surface area contributed by atoms with Crippen LogP contribution in [0.2, 0.25) is 0 Å². The minimum absolute atomic E-state index is 0.129. The first kappa shape index (κ1) is 15.3. The van der Waals surface area contributed by atoms with E-state index in [0.717, 1.165) is 16.1 Å². The molecule has 0 radical (unpaired) electrons. The summed E-state index contributed by atoms with van der Waals surface area (Å²) in [7, 11) is 3.17. The van der Waals surface area contributed by atoms with Crippen LogP contribution < -0.4 is 14.8 Å². The van der Waals surface area contributed by atoms with Gasteiger partial charge in [0.15, 0.2) is 5.13 Å². The summed E-state index contributed by atoms with van der Waals surface area (Å²) < 4.78 is 10.4. The molecule has 0 aliphatic heterocycles. The van der Waals surface area contributed by atoms with Crippen molar-refractivity contribution in [1.29, 1.82) is 0 Å². The number of hydrogen-bond donors (Lipinski definition) is 1. The highest BCUT2D eigenvalue weighted by molar-refractivity contribution is 7.15. The third-order valence-electron chi connectivity index (χ3n) is 3.11. The number of hydrogen-bond acceptors (Lipinski definition) is 5. The van der Waals surface area contributed by atoms with Crippen LogP contribution in [0.3, 0.4) is 0 Å². The number of amides is 1. The Bertz CT molecular complexity index is 633. The maximum Gasteiger partial charge on any atom is 0.230 e. The summed E-state index contributed by atoms with van der Waals surface area (Å²) >= 11 is 1.47. The van der Waals surface area contributed by atoms with Crippen LogP contribution in [0.4, 0.5) is 5.13 Å². The fourth-order valence-corrected chi connectivity index (χ4v) is 2.71. The lowest BCUT2D eigenvalue weighted by Gasteiger charge is -2.10. The number of methoxy groups -OCH3 is 2. The lowest BCUT2D eigenvalue weighted by molar-refractivity contribution is -0.115. The molecule has 112 valence electrons. The molecular weight excluding hydrogens is 288 g/mol. The largest absolute Gasteiger partial charge is 0.497 e. The number of nitrogens with one attached hydrogen (secondary N) is 1. The zero-order chi connectivity index (χ0) is 15.4. The number of aryl methyl sites for hydroxylation is 2. The second-order valence-electron chi connectivity index (χ2n) is 4.56. The van der Waals surface area contributed by atoms with E-state index in [0.29, 0.717) is 16.6 Å². The van der Waals surface area contributed by atoms with E-state index in [2.05, 4.69) is 10.3 Å². The zero-order valence-electron chi connectivity index (χ0n) is 12.5. The van der Waals surface area contributed by atoms with Crippen LogP contribution in [0.25, 0.3) is 0 Å². The number of benzene rings is 1. The highest BCUT2D eigenvalue weighted by Crippen LogP contribution is 2.25. The molecule has 0 bridgehead atoms. The van der Waals surface area contributed by atoms with Crippen molar-refractivity contribution in [1.82, 2.24) is 4.98 Å². The van der Waals surface area contributed by atoms with E-state index in [1.54, 1.807) is 32.4 Å². The number of rotatable bonds is 5. The van der Waals surface area contributed by atoms with E-state index in [9.17, 15) is 4.79 Å². The Morgan fingerprint density at radius 2 is 2.05 bits per heavy atom. The molecule has 0 spiro atoms. The van der Waals surface area contributed by atoms with Crippen molar-refractivity contribution >= 4 is 22.4 Å². The van der Waals surface area contributed by atoms with Gasteiger partial charge in [-0.25, -0.2) is 4.98 Å². The van der Waals surface area contributed by atoms with Gasteiger partial charge in [0, 0.05) is 10.4 Å². The molecule has 0 aliphatic carbocycles. The molecule has 1 amide bonds. The summed E-state index contributed by atoms with van der Waals surface area (Å²) in [5, 5.41) is 3.44. The van der Waals surface area contributed by atoms with E-state index >= 15 is 0 Å². The van der Waals surface area contributed by atoms with Gasteiger partial charge < -0.3 is 14.8 Å². The molecule has 1 aromatic carbocycles. The summed E-state index contributed by atoms with van der Waals surface area (Å²) in [5.74, 6) is 1.23. The molecule has 0 atom stereocenters. The van der Waals surface area contributed by atoms with Crippen molar-refractivity contribution in [2.45, 2.75) is 20.3 Å². The Morgan fingerprint density at radius 3 is 2.62 bits per heavy atom. The number of anilines is 1. The number of carbonyl (C=O) groups excluding carboxylic acids is 1. The first-order valence-electron chi connectivity index (χ1n) is 6.48. The predicted octanol–water partition coefficient (Wildman–Crippen LogP) is 2.96. The van der Waals surface area contributed by atoms with Gasteiger partial charge in [-0.05, 0) is 32.0 Å². The third kappa shape index (κ3) is 3.72. The maximum absolute atomic E-state index is 12.1. The summed E-state index contributed by atoms with van der Waals surface area (Å²) in [6.07, 6.45) is 0.206. The summed E-state index contributed by atoms with van der Waals surface area (Å²) in [6, 6.07) is 5.39. The number of thiazole rings is 1. The lowest BCUT2D eigenvalue weighted by Crippen LogP contribution is -2.14. The Labute approximate surface area is 127 Å². The van der Waals surface area contributed by atoms with E-state index in [1.165, 1.54) is 11.3 Å². The van der Waals surface area contributed by atoms with Crippen molar-refractivity contribution < 1.29 is 14.3 Å². The first-order chi connectivity index (χ1) is 10.0. The smallest absolute Gasteiger partial charge is 0.230 e. The van der Waals surface area contributed by atoms with Gasteiger partial charge in [0.1, 0.15) is 11.5 Å². The van der Waals surface area contributed by atoms with Crippen LogP contribution in [-0.4, -0.2) is 25.1 Å². The van der Waals surface area contributed by atoms with Crippen molar-refractivity contribution in [2.24, 2.45) is 0 Å². The summed E-state index contributed by atoms with van der Waals surface area (Å²) in [4.78, 5) is 17.5. The Balaban J connectivity index is 2.11. The minimum atomic E-state index is -0.129. The molecule has 6 heteroatoms. The molecule has 1 aromatic heterocycles. The monoisotopic (exact) mass is 306 g/mol. The first-order valence-corrected chi connectivity index (χ1v) is 7.30. The molecule has 1 heterocycles. The van der Waals surface area contributed by atoms with E-state index < -0.39 is 0 Å². The van der Waals surface area contributed by atoms with Crippen molar-refractivity contribution in [3.63, 3.8) is 0 Å².